The van der Waals surface area contributed by atoms with Crippen LogP contribution in [0.5, 0.6) is 0 Å². The Hall–Kier alpha value is -0.990. The first-order chi connectivity index (χ1) is 20.3. The van der Waals surface area contributed by atoms with Gasteiger partial charge in [0.1, 0.15) is 24.4 Å². The van der Waals surface area contributed by atoms with E-state index in [0.717, 1.165) is 64.2 Å². The predicted octanol–water partition coefficient (Wildman–Crippen LogP) is 5.72. The van der Waals surface area contributed by atoms with Crippen LogP contribution in [-0.2, 0) is 9.53 Å². The molecular weight excluding hydrogens is 556 g/mol. The van der Waals surface area contributed by atoms with Crippen molar-refractivity contribution < 1.29 is 35.1 Å². The minimum atomic E-state index is -1.37. The molecule has 7 heteroatoms. The maximum absolute atomic E-state index is 13.0. The molecule has 5 aliphatic carbocycles. The van der Waals surface area contributed by atoms with E-state index in [1.807, 2.05) is 6.92 Å². The number of carboxylic acids is 1. The fourth-order valence-electron chi connectivity index (χ4n) is 13.3. The summed E-state index contributed by atoms with van der Waals surface area (Å²) in [6, 6.07) is 0. The van der Waals surface area contributed by atoms with Gasteiger partial charge in [-0.15, -0.1) is 0 Å². The molecule has 0 aromatic heterocycles. The van der Waals surface area contributed by atoms with Crippen LogP contribution in [0.1, 0.15) is 120 Å². The fourth-order valence-corrected chi connectivity index (χ4v) is 13.3. The number of aliphatic carboxylic acids is 1. The van der Waals surface area contributed by atoms with Crippen molar-refractivity contribution in [1.29, 1.82) is 0 Å². The summed E-state index contributed by atoms with van der Waals surface area (Å²) in [5.41, 5.74) is -0.290. The lowest BCUT2D eigenvalue weighted by molar-refractivity contribution is -0.309. The highest BCUT2D eigenvalue weighted by Gasteiger charge is 2.71. The van der Waals surface area contributed by atoms with Crippen LogP contribution in [0, 0.1) is 56.2 Å². The molecule has 0 radical (unpaired) electrons. The minimum absolute atomic E-state index is 0.0365. The summed E-state index contributed by atoms with van der Waals surface area (Å²) >= 11 is 0. The molecule has 13 atom stereocenters. The van der Waals surface area contributed by atoms with Gasteiger partial charge in [0.05, 0.1) is 17.6 Å². The topological polar surface area (TPSA) is 127 Å². The number of ether oxygens (including phenoxy) is 1. The van der Waals surface area contributed by atoms with Gasteiger partial charge in [-0.1, -0.05) is 60.1 Å². The fraction of sp³-hybridized carbons (Fsp3) is 0.919. The smallest absolute Gasteiger partial charge is 0.310 e. The van der Waals surface area contributed by atoms with Crippen LogP contribution in [-0.4, -0.2) is 68.1 Å². The first-order valence-electron chi connectivity index (χ1n) is 17.5. The Morgan fingerprint density at radius 2 is 1.48 bits per heavy atom. The van der Waals surface area contributed by atoms with Gasteiger partial charge in [-0.25, -0.2) is 0 Å². The van der Waals surface area contributed by atoms with Gasteiger partial charge in [0.15, 0.2) is 0 Å². The van der Waals surface area contributed by atoms with Gasteiger partial charge >= 0.3 is 5.97 Å². The first-order valence-corrected chi connectivity index (χ1v) is 17.5. The lowest BCUT2D eigenvalue weighted by Gasteiger charge is -2.72. The number of aliphatic hydroxyl groups excluding tert-OH is 4. The summed E-state index contributed by atoms with van der Waals surface area (Å²) in [6.07, 6.45) is 6.95. The molecule has 1 aliphatic heterocycles. The molecule has 6 aliphatic rings. The minimum Gasteiger partial charge on any atom is -0.481 e. The number of aliphatic hydroxyl groups is 4. The van der Waals surface area contributed by atoms with Crippen molar-refractivity contribution in [3.63, 3.8) is 0 Å². The highest BCUT2D eigenvalue weighted by atomic mass is 16.6. The lowest BCUT2D eigenvalue weighted by atomic mass is 9.32. The van der Waals surface area contributed by atoms with Crippen LogP contribution < -0.4 is 0 Å². The Labute approximate surface area is 264 Å². The number of hydrogen-bond acceptors (Lipinski definition) is 6. The van der Waals surface area contributed by atoms with Crippen molar-refractivity contribution in [2.75, 3.05) is 6.61 Å². The molecule has 0 amide bonds. The number of fused-ring (bicyclic) bond motifs is 7. The zero-order chi connectivity index (χ0) is 32.5. The standard InChI is InChI=1S/C37H60O7/c1-31(2)15-17-37(30(42)43)18-16-34(6)21(22(37)19-31)9-10-26-33(5)13-11-25(32(3,4)24(33)12-14-35(26,34)7)36(8)29(41)28(40)27(39)23(20-38)44-36/h9,22-29,38-41H,10-20H2,1-8H3,(H,42,43)/t22?,23?,24?,25?,26?,27-,28?,29?,33+,34-,35-,36+,37+/m1/s1. The third kappa shape index (κ3) is 4.07. The summed E-state index contributed by atoms with van der Waals surface area (Å²) in [7, 11) is 0. The van der Waals surface area contributed by atoms with E-state index in [9.17, 15) is 30.3 Å². The molecule has 0 bridgehead atoms. The quantitative estimate of drug-likeness (QED) is 0.257. The van der Waals surface area contributed by atoms with Gasteiger partial charge in [0, 0.05) is 0 Å². The molecule has 0 spiro atoms. The van der Waals surface area contributed by atoms with Crippen molar-refractivity contribution >= 4 is 5.97 Å². The second kappa shape index (κ2) is 10.0. The average Bonchev–Trinajstić information content (AvgIpc) is 2.93. The highest BCUT2D eigenvalue weighted by Crippen LogP contribution is 2.76. The van der Waals surface area contributed by atoms with Crippen LogP contribution in [0.2, 0.25) is 0 Å². The van der Waals surface area contributed by atoms with Crippen molar-refractivity contribution in [2.45, 2.75) is 150 Å². The van der Waals surface area contributed by atoms with Crippen molar-refractivity contribution in [3.05, 3.63) is 11.6 Å². The maximum Gasteiger partial charge on any atom is 0.310 e. The van der Waals surface area contributed by atoms with Gasteiger partial charge < -0.3 is 30.3 Å². The second-order valence-electron chi connectivity index (χ2n) is 18.5. The van der Waals surface area contributed by atoms with Crippen LogP contribution in [0.4, 0.5) is 0 Å². The third-order valence-electron chi connectivity index (χ3n) is 16.0. The Morgan fingerprint density at radius 3 is 2.11 bits per heavy atom. The molecule has 1 saturated heterocycles. The zero-order valence-electron chi connectivity index (χ0n) is 28.5. The summed E-state index contributed by atoms with van der Waals surface area (Å²) in [5.74, 6) is 0.267. The van der Waals surface area contributed by atoms with E-state index in [1.54, 1.807) is 0 Å². The van der Waals surface area contributed by atoms with E-state index >= 15 is 0 Å². The largest absolute Gasteiger partial charge is 0.481 e. The number of carboxylic acid groups (broad SMARTS) is 1. The number of allylic oxidation sites excluding steroid dienone is 2. The van der Waals surface area contributed by atoms with Gasteiger partial charge in [0.25, 0.3) is 0 Å². The molecule has 0 aromatic carbocycles. The van der Waals surface area contributed by atoms with E-state index < -0.39 is 48.0 Å². The SMILES string of the molecule is CC1(C)CC[C@]2(C(=O)O)CC[C@]3(C)C(=CCC4[C@@]5(C)CCC([C@]6(C)OC(CO)[C@@H](O)C(O)C6O)C(C)(C)C5CC[C@]43C)C2C1. The number of rotatable bonds is 3. The summed E-state index contributed by atoms with van der Waals surface area (Å²) in [5, 5.41) is 53.3. The highest BCUT2D eigenvalue weighted by molar-refractivity contribution is 5.76. The van der Waals surface area contributed by atoms with Gasteiger partial charge in [0.2, 0.25) is 0 Å². The molecule has 4 saturated carbocycles. The maximum atomic E-state index is 13.0. The van der Waals surface area contributed by atoms with E-state index in [-0.39, 0.29) is 38.9 Å². The lowest BCUT2D eigenvalue weighted by Crippen LogP contribution is -2.71. The third-order valence-corrected chi connectivity index (χ3v) is 16.0. The predicted molar refractivity (Wildman–Crippen MR) is 169 cm³/mol. The Balaban J connectivity index is 1.36. The molecule has 7 nitrogen and oxygen atoms in total. The van der Waals surface area contributed by atoms with E-state index in [0.29, 0.717) is 11.8 Å². The van der Waals surface area contributed by atoms with Gasteiger partial charge in [-0.05, 0) is 122 Å². The molecular formula is C37H60O7. The van der Waals surface area contributed by atoms with Crippen LogP contribution in [0.25, 0.3) is 0 Å². The van der Waals surface area contributed by atoms with Crippen LogP contribution >= 0.6 is 0 Å². The Bertz CT molecular complexity index is 1210. The molecule has 7 unspecified atom stereocenters. The Morgan fingerprint density at radius 1 is 0.841 bits per heavy atom. The molecule has 250 valence electrons. The molecule has 5 N–H and O–H groups in total. The normalized spacial score (nSPS) is 54.6. The first kappa shape index (κ1) is 32.9. The van der Waals surface area contributed by atoms with E-state index in [4.69, 9.17) is 4.74 Å². The van der Waals surface area contributed by atoms with Crippen molar-refractivity contribution in [1.82, 2.24) is 0 Å². The average molecular weight is 617 g/mol. The van der Waals surface area contributed by atoms with Gasteiger partial charge in [-0.2, -0.15) is 0 Å². The molecule has 0 aromatic rings. The number of carbonyl (C=O) groups is 1. The summed E-state index contributed by atoms with van der Waals surface area (Å²) < 4.78 is 6.35. The molecule has 5 fully saturated rings. The molecule has 44 heavy (non-hydrogen) atoms. The van der Waals surface area contributed by atoms with Crippen LogP contribution in [0.15, 0.2) is 11.6 Å². The van der Waals surface area contributed by atoms with E-state index in [2.05, 4.69) is 54.5 Å². The van der Waals surface area contributed by atoms with Gasteiger partial charge in [-0.3, -0.25) is 4.79 Å². The van der Waals surface area contributed by atoms with Crippen LogP contribution in [0.3, 0.4) is 0 Å². The number of hydrogen-bond donors (Lipinski definition) is 5. The summed E-state index contributed by atoms with van der Waals surface area (Å²) in [6.45, 7) is 18.2. The molecule has 1 heterocycles. The zero-order valence-corrected chi connectivity index (χ0v) is 28.5. The second-order valence-corrected chi connectivity index (χ2v) is 18.5. The van der Waals surface area contributed by atoms with E-state index in [1.165, 1.54) is 5.57 Å². The van der Waals surface area contributed by atoms with Crippen molar-refractivity contribution in [3.8, 4) is 0 Å². The summed E-state index contributed by atoms with van der Waals surface area (Å²) in [4.78, 5) is 13.0. The van der Waals surface area contributed by atoms with Crippen molar-refractivity contribution in [2.24, 2.45) is 56.2 Å². The monoisotopic (exact) mass is 616 g/mol. The molecule has 6 rings (SSSR count). The Kier molecular flexibility index (Phi) is 7.49.